The van der Waals surface area contributed by atoms with E-state index in [0.717, 1.165) is 17.8 Å². The Morgan fingerprint density at radius 3 is 2.76 bits per heavy atom. The number of Topliss-reactive ketones (excluding diaryl/α,β-unsaturated/α-hetero) is 1. The van der Waals surface area contributed by atoms with Crippen LogP contribution < -0.4 is 5.01 Å². The molecule has 4 heteroatoms. The monoisotopic (exact) mass is 248 g/mol. The first-order valence-corrected chi connectivity index (χ1v) is 6.17. The Bertz CT molecular complexity index is 495. The lowest BCUT2D eigenvalue weighted by atomic mass is 10.00. The molecule has 0 N–H and O–H groups in total. The van der Waals surface area contributed by atoms with Crippen molar-refractivity contribution in [1.82, 2.24) is 0 Å². The lowest BCUT2D eigenvalue weighted by molar-refractivity contribution is -0.118. The third-order valence-corrected chi connectivity index (χ3v) is 3.82. The molecule has 2 atom stereocenters. The van der Waals surface area contributed by atoms with Crippen molar-refractivity contribution in [2.45, 2.75) is 25.8 Å². The quantitative estimate of drug-likeness (QED) is 0.766. The second kappa shape index (κ2) is 3.84. The van der Waals surface area contributed by atoms with Crippen LogP contribution in [-0.2, 0) is 4.79 Å². The SMILES string of the molecule is CC1=NN(c2ccc(Cl)cc2)C2C(=O)CCC12. The Morgan fingerprint density at radius 2 is 2.06 bits per heavy atom. The van der Waals surface area contributed by atoms with E-state index in [1.54, 1.807) is 0 Å². The van der Waals surface area contributed by atoms with E-state index in [1.807, 2.05) is 36.2 Å². The van der Waals surface area contributed by atoms with E-state index >= 15 is 0 Å². The Balaban J connectivity index is 1.98. The van der Waals surface area contributed by atoms with E-state index in [4.69, 9.17) is 11.6 Å². The molecule has 0 radical (unpaired) electrons. The number of ketones is 1. The molecule has 1 heterocycles. The summed E-state index contributed by atoms with van der Waals surface area (Å²) in [5, 5.41) is 7.06. The summed E-state index contributed by atoms with van der Waals surface area (Å²) in [5.41, 5.74) is 2.01. The molecule has 0 bridgehead atoms. The van der Waals surface area contributed by atoms with E-state index in [-0.39, 0.29) is 6.04 Å². The van der Waals surface area contributed by atoms with Gasteiger partial charge in [-0.15, -0.1) is 0 Å². The Morgan fingerprint density at radius 1 is 1.35 bits per heavy atom. The number of carbonyl (C=O) groups excluding carboxylic acids is 1. The molecule has 0 amide bonds. The van der Waals surface area contributed by atoms with Crippen molar-refractivity contribution in [3.05, 3.63) is 29.3 Å². The van der Waals surface area contributed by atoms with Gasteiger partial charge in [-0.05, 0) is 37.6 Å². The van der Waals surface area contributed by atoms with Crippen molar-refractivity contribution in [3.8, 4) is 0 Å². The molecule has 1 aliphatic heterocycles. The van der Waals surface area contributed by atoms with Crippen LogP contribution in [0.5, 0.6) is 0 Å². The first-order valence-electron chi connectivity index (χ1n) is 5.79. The number of rotatable bonds is 1. The van der Waals surface area contributed by atoms with Crippen molar-refractivity contribution in [2.24, 2.45) is 11.0 Å². The molecule has 1 aromatic rings. The number of hydrogen-bond donors (Lipinski definition) is 0. The molecule has 17 heavy (non-hydrogen) atoms. The second-order valence-corrected chi connectivity index (χ2v) is 5.06. The van der Waals surface area contributed by atoms with Gasteiger partial charge in [0.2, 0.25) is 0 Å². The lowest BCUT2D eigenvalue weighted by Crippen LogP contribution is -2.34. The zero-order valence-electron chi connectivity index (χ0n) is 9.56. The minimum atomic E-state index is -0.0869. The number of nitrogens with zero attached hydrogens (tertiary/aromatic N) is 2. The van der Waals surface area contributed by atoms with Crippen LogP contribution in [0.1, 0.15) is 19.8 Å². The first kappa shape index (κ1) is 10.8. The van der Waals surface area contributed by atoms with Gasteiger partial charge in [0.1, 0.15) is 6.04 Å². The van der Waals surface area contributed by atoms with Gasteiger partial charge in [-0.1, -0.05) is 11.6 Å². The molecular formula is C13H13ClN2O. The second-order valence-electron chi connectivity index (χ2n) is 4.62. The topological polar surface area (TPSA) is 32.7 Å². The van der Waals surface area contributed by atoms with Gasteiger partial charge in [-0.2, -0.15) is 5.10 Å². The number of anilines is 1. The fraction of sp³-hybridized carbons (Fsp3) is 0.385. The van der Waals surface area contributed by atoms with Gasteiger partial charge >= 0.3 is 0 Å². The van der Waals surface area contributed by atoms with Gasteiger partial charge in [0.05, 0.1) is 5.69 Å². The van der Waals surface area contributed by atoms with E-state index < -0.39 is 0 Å². The summed E-state index contributed by atoms with van der Waals surface area (Å²) in [4.78, 5) is 11.9. The van der Waals surface area contributed by atoms with Crippen molar-refractivity contribution in [1.29, 1.82) is 0 Å². The zero-order chi connectivity index (χ0) is 12.0. The highest BCUT2D eigenvalue weighted by molar-refractivity contribution is 6.30. The maximum absolute atomic E-state index is 11.9. The van der Waals surface area contributed by atoms with Crippen LogP contribution in [0.3, 0.4) is 0 Å². The van der Waals surface area contributed by atoms with E-state index in [0.29, 0.717) is 23.1 Å². The van der Waals surface area contributed by atoms with Crippen molar-refractivity contribution >= 4 is 28.8 Å². The Hall–Kier alpha value is -1.35. The van der Waals surface area contributed by atoms with Crippen molar-refractivity contribution in [3.63, 3.8) is 0 Å². The van der Waals surface area contributed by atoms with Crippen molar-refractivity contribution in [2.75, 3.05) is 5.01 Å². The van der Waals surface area contributed by atoms with Crippen LogP contribution in [0.25, 0.3) is 0 Å². The van der Waals surface area contributed by atoms with Crippen LogP contribution in [0.15, 0.2) is 29.4 Å². The van der Waals surface area contributed by atoms with Gasteiger partial charge < -0.3 is 0 Å². The van der Waals surface area contributed by atoms with Crippen LogP contribution in [0, 0.1) is 5.92 Å². The molecular weight excluding hydrogens is 236 g/mol. The molecule has 2 aliphatic rings. The summed E-state index contributed by atoms with van der Waals surface area (Å²) in [5.74, 6) is 0.601. The van der Waals surface area contributed by atoms with Gasteiger partial charge in [-0.25, -0.2) is 0 Å². The summed E-state index contributed by atoms with van der Waals surface area (Å²) < 4.78 is 0. The zero-order valence-corrected chi connectivity index (χ0v) is 10.3. The molecule has 88 valence electrons. The van der Waals surface area contributed by atoms with Gasteiger partial charge in [-0.3, -0.25) is 9.80 Å². The summed E-state index contributed by atoms with van der Waals surface area (Å²) >= 11 is 5.87. The summed E-state index contributed by atoms with van der Waals surface area (Å²) in [6, 6.07) is 7.39. The molecule has 0 spiro atoms. The average molecular weight is 249 g/mol. The van der Waals surface area contributed by atoms with E-state index in [1.165, 1.54) is 0 Å². The summed E-state index contributed by atoms with van der Waals surface area (Å²) in [6.45, 7) is 2.01. The molecule has 1 aromatic carbocycles. The molecule has 0 aromatic heterocycles. The van der Waals surface area contributed by atoms with Crippen molar-refractivity contribution < 1.29 is 4.79 Å². The van der Waals surface area contributed by atoms with Crippen LogP contribution in [0.2, 0.25) is 5.02 Å². The van der Waals surface area contributed by atoms with Gasteiger partial charge in [0, 0.05) is 23.1 Å². The molecule has 0 saturated heterocycles. The largest absolute Gasteiger partial charge is 0.297 e. The first-order chi connectivity index (χ1) is 8.16. The maximum atomic E-state index is 11.9. The number of halogens is 1. The number of hydrogen-bond acceptors (Lipinski definition) is 3. The lowest BCUT2D eigenvalue weighted by Gasteiger charge is -2.21. The number of fused-ring (bicyclic) bond motifs is 1. The summed E-state index contributed by atoms with van der Waals surface area (Å²) in [7, 11) is 0. The fourth-order valence-corrected chi connectivity index (χ4v) is 2.82. The highest BCUT2D eigenvalue weighted by Crippen LogP contribution is 2.37. The minimum absolute atomic E-state index is 0.0869. The number of carbonyl (C=O) groups is 1. The molecule has 1 aliphatic carbocycles. The van der Waals surface area contributed by atoms with Gasteiger partial charge in [0.25, 0.3) is 0 Å². The normalized spacial score (nSPS) is 27.3. The van der Waals surface area contributed by atoms with E-state index in [9.17, 15) is 4.79 Å². The number of hydrazone groups is 1. The minimum Gasteiger partial charge on any atom is -0.297 e. The standard InChI is InChI=1S/C13H13ClN2O/c1-8-11-6-7-12(17)13(11)16(15-8)10-4-2-9(14)3-5-10/h2-5,11,13H,6-7H2,1H3. The third-order valence-electron chi connectivity index (χ3n) is 3.57. The van der Waals surface area contributed by atoms with E-state index in [2.05, 4.69) is 5.10 Å². The highest BCUT2D eigenvalue weighted by atomic mass is 35.5. The molecule has 1 saturated carbocycles. The predicted octanol–water partition coefficient (Wildman–Crippen LogP) is 2.88. The smallest absolute Gasteiger partial charge is 0.158 e. The average Bonchev–Trinajstić information content (AvgIpc) is 2.83. The fourth-order valence-electron chi connectivity index (χ4n) is 2.69. The molecule has 2 unspecified atom stereocenters. The van der Waals surface area contributed by atoms with Crippen LogP contribution in [-0.4, -0.2) is 17.5 Å². The maximum Gasteiger partial charge on any atom is 0.158 e. The molecule has 1 fully saturated rings. The Kier molecular flexibility index (Phi) is 2.44. The Labute approximate surface area is 105 Å². The molecule has 3 rings (SSSR count). The van der Waals surface area contributed by atoms with Gasteiger partial charge in [0.15, 0.2) is 5.78 Å². The summed E-state index contributed by atoms with van der Waals surface area (Å²) in [6.07, 6.45) is 1.61. The molecule has 3 nitrogen and oxygen atoms in total. The highest BCUT2D eigenvalue weighted by Gasteiger charge is 2.45. The predicted molar refractivity (Wildman–Crippen MR) is 68.6 cm³/mol. The van der Waals surface area contributed by atoms with Crippen LogP contribution in [0.4, 0.5) is 5.69 Å². The third kappa shape index (κ3) is 1.65. The van der Waals surface area contributed by atoms with Crippen LogP contribution >= 0.6 is 11.6 Å². The number of benzene rings is 1.